The van der Waals surface area contributed by atoms with Crippen molar-refractivity contribution < 1.29 is 19.2 Å². The fourth-order valence-electron chi connectivity index (χ4n) is 2.51. The second-order valence-electron chi connectivity index (χ2n) is 6.06. The summed E-state index contributed by atoms with van der Waals surface area (Å²) in [6.45, 7) is -0.260. The van der Waals surface area contributed by atoms with E-state index in [1.165, 1.54) is 24.3 Å². The Bertz CT molecular complexity index is 1120. The van der Waals surface area contributed by atoms with Crippen LogP contribution in [-0.2, 0) is 4.79 Å². The second kappa shape index (κ2) is 9.43. The lowest BCUT2D eigenvalue weighted by Gasteiger charge is -2.11. The number of hydrazine groups is 1. The zero-order valence-corrected chi connectivity index (χ0v) is 16.3. The number of amides is 2. The highest BCUT2D eigenvalue weighted by Crippen LogP contribution is 2.20. The molecule has 0 aromatic heterocycles. The van der Waals surface area contributed by atoms with Crippen molar-refractivity contribution in [2.45, 2.75) is 0 Å². The average Bonchev–Trinajstić information content (AvgIpc) is 2.76. The van der Waals surface area contributed by atoms with Gasteiger partial charge in [0, 0.05) is 17.7 Å². The zero-order valence-electron chi connectivity index (χ0n) is 15.5. The zero-order chi connectivity index (χ0) is 21.5. The number of ether oxygens (including phenoxy) is 1. The summed E-state index contributed by atoms with van der Waals surface area (Å²) in [7, 11) is 0. The van der Waals surface area contributed by atoms with Gasteiger partial charge in [-0.1, -0.05) is 30.3 Å². The maximum absolute atomic E-state index is 12.1. The van der Waals surface area contributed by atoms with Gasteiger partial charge in [-0.15, -0.1) is 0 Å². The number of nitrogens with zero attached hydrogens (tertiary/aromatic N) is 1. The van der Waals surface area contributed by atoms with Gasteiger partial charge in [-0.3, -0.25) is 35.9 Å². The van der Waals surface area contributed by atoms with Crippen LogP contribution in [0.15, 0.2) is 66.7 Å². The highest BCUT2D eigenvalue weighted by Gasteiger charge is 2.11. The molecule has 152 valence electrons. The molecule has 3 rings (SSSR count). The Morgan fingerprint density at radius 1 is 0.967 bits per heavy atom. The second-order valence-corrected chi connectivity index (χ2v) is 6.47. The van der Waals surface area contributed by atoms with Crippen LogP contribution in [0.5, 0.6) is 5.75 Å². The molecule has 0 aliphatic rings. The van der Waals surface area contributed by atoms with Crippen LogP contribution >= 0.6 is 12.2 Å². The minimum Gasteiger partial charge on any atom is -0.484 e. The number of thiocarbonyl (C=S) groups is 1. The van der Waals surface area contributed by atoms with Crippen LogP contribution < -0.4 is 20.9 Å². The Labute approximate surface area is 176 Å². The molecule has 10 heteroatoms. The predicted octanol–water partition coefficient (Wildman–Crippen LogP) is 2.46. The van der Waals surface area contributed by atoms with Crippen molar-refractivity contribution in [3.8, 4) is 5.75 Å². The molecule has 3 aromatic carbocycles. The minimum absolute atomic E-state index is 0.133. The van der Waals surface area contributed by atoms with E-state index in [4.69, 9.17) is 17.0 Å². The van der Waals surface area contributed by atoms with E-state index in [0.717, 1.165) is 10.8 Å². The number of hydrogen-bond donors (Lipinski definition) is 3. The molecule has 0 saturated heterocycles. The summed E-state index contributed by atoms with van der Waals surface area (Å²) in [4.78, 5) is 34.0. The van der Waals surface area contributed by atoms with Gasteiger partial charge < -0.3 is 4.74 Å². The van der Waals surface area contributed by atoms with Gasteiger partial charge in [0.2, 0.25) is 0 Å². The van der Waals surface area contributed by atoms with Crippen molar-refractivity contribution in [1.82, 2.24) is 16.2 Å². The summed E-state index contributed by atoms with van der Waals surface area (Å²) in [6, 6.07) is 18.2. The van der Waals surface area contributed by atoms with Crippen molar-refractivity contribution in [2.24, 2.45) is 0 Å². The number of benzene rings is 3. The quantitative estimate of drug-likeness (QED) is 0.327. The Kier molecular flexibility index (Phi) is 6.50. The first-order valence-electron chi connectivity index (χ1n) is 8.68. The maximum Gasteiger partial charge on any atom is 0.276 e. The van der Waals surface area contributed by atoms with E-state index >= 15 is 0 Å². The Morgan fingerprint density at radius 3 is 2.37 bits per heavy atom. The number of nitro benzene ring substituents is 1. The molecule has 3 N–H and O–H groups in total. The van der Waals surface area contributed by atoms with Crippen molar-refractivity contribution >= 4 is 45.6 Å². The molecule has 0 radical (unpaired) electrons. The highest BCUT2D eigenvalue weighted by molar-refractivity contribution is 7.80. The van der Waals surface area contributed by atoms with Gasteiger partial charge in [0.05, 0.1) is 4.92 Å². The van der Waals surface area contributed by atoms with Gasteiger partial charge in [-0.2, -0.15) is 0 Å². The Balaban J connectivity index is 1.43. The minimum atomic E-state index is -0.580. The number of carbonyl (C=O) groups is 2. The van der Waals surface area contributed by atoms with E-state index in [0.29, 0.717) is 5.75 Å². The monoisotopic (exact) mass is 424 g/mol. The highest BCUT2D eigenvalue weighted by atomic mass is 32.1. The lowest BCUT2D eigenvalue weighted by Crippen LogP contribution is -2.49. The van der Waals surface area contributed by atoms with Gasteiger partial charge in [0.15, 0.2) is 11.7 Å². The summed E-state index contributed by atoms with van der Waals surface area (Å²) in [6.07, 6.45) is 0. The van der Waals surface area contributed by atoms with Crippen molar-refractivity contribution in [3.63, 3.8) is 0 Å². The molecule has 30 heavy (non-hydrogen) atoms. The maximum atomic E-state index is 12.1. The van der Waals surface area contributed by atoms with Gasteiger partial charge in [-0.05, 0) is 47.3 Å². The first kappa shape index (κ1) is 20.7. The van der Waals surface area contributed by atoms with E-state index in [1.807, 2.05) is 36.4 Å². The molecule has 3 aromatic rings. The van der Waals surface area contributed by atoms with E-state index in [9.17, 15) is 19.7 Å². The van der Waals surface area contributed by atoms with Gasteiger partial charge >= 0.3 is 0 Å². The molecular weight excluding hydrogens is 408 g/mol. The number of carbonyl (C=O) groups excluding carboxylic acids is 2. The lowest BCUT2D eigenvalue weighted by atomic mass is 10.1. The predicted molar refractivity (Wildman–Crippen MR) is 114 cm³/mol. The van der Waals surface area contributed by atoms with Gasteiger partial charge in [-0.25, -0.2) is 0 Å². The molecule has 0 bridgehead atoms. The van der Waals surface area contributed by atoms with Crippen molar-refractivity contribution in [1.29, 1.82) is 0 Å². The summed E-state index contributed by atoms with van der Waals surface area (Å²) >= 11 is 4.94. The van der Waals surface area contributed by atoms with Crippen molar-refractivity contribution in [3.05, 3.63) is 82.4 Å². The van der Waals surface area contributed by atoms with Gasteiger partial charge in [0.25, 0.3) is 17.5 Å². The third-order valence-corrected chi connectivity index (χ3v) is 4.18. The van der Waals surface area contributed by atoms with Crippen LogP contribution in [0, 0.1) is 10.1 Å². The molecule has 2 amide bonds. The first-order valence-corrected chi connectivity index (χ1v) is 9.09. The smallest absolute Gasteiger partial charge is 0.276 e. The molecule has 0 saturated carbocycles. The average molecular weight is 424 g/mol. The van der Waals surface area contributed by atoms with Crippen LogP contribution in [0.3, 0.4) is 0 Å². The lowest BCUT2D eigenvalue weighted by molar-refractivity contribution is -0.384. The summed E-state index contributed by atoms with van der Waals surface area (Å²) < 4.78 is 5.45. The van der Waals surface area contributed by atoms with Crippen LogP contribution in [-0.4, -0.2) is 28.5 Å². The van der Waals surface area contributed by atoms with E-state index in [1.54, 1.807) is 6.07 Å². The third kappa shape index (κ3) is 5.49. The molecule has 0 unspecified atom stereocenters. The third-order valence-electron chi connectivity index (χ3n) is 3.97. The summed E-state index contributed by atoms with van der Waals surface area (Å²) in [5, 5.41) is 14.9. The number of fused-ring (bicyclic) bond motifs is 1. The molecule has 9 nitrogen and oxygen atoms in total. The SMILES string of the molecule is O=C(COc1ccc2ccccc2c1)NNC(=S)NC(=O)c1ccc([N+](=O)[O-])cc1. The van der Waals surface area contributed by atoms with Crippen LogP contribution in [0.2, 0.25) is 0 Å². The molecule has 0 heterocycles. The fraction of sp³-hybridized carbons (Fsp3) is 0.0500. The molecule has 0 fully saturated rings. The summed E-state index contributed by atoms with van der Waals surface area (Å²) in [5.41, 5.74) is 4.75. The van der Waals surface area contributed by atoms with Crippen LogP contribution in [0.4, 0.5) is 5.69 Å². The van der Waals surface area contributed by atoms with Crippen LogP contribution in [0.25, 0.3) is 10.8 Å². The molecular formula is C20H16N4O5S. The fourth-order valence-corrected chi connectivity index (χ4v) is 2.65. The van der Waals surface area contributed by atoms with Crippen molar-refractivity contribution in [2.75, 3.05) is 6.61 Å². The number of non-ortho nitro benzene ring substituents is 1. The normalized spacial score (nSPS) is 10.1. The van der Waals surface area contributed by atoms with Gasteiger partial charge in [0.1, 0.15) is 5.75 Å². The van der Waals surface area contributed by atoms with E-state index in [2.05, 4.69) is 16.2 Å². The molecule has 0 spiro atoms. The van der Waals surface area contributed by atoms with Crippen LogP contribution in [0.1, 0.15) is 10.4 Å². The number of rotatable bonds is 5. The molecule has 0 aliphatic heterocycles. The standard InChI is InChI=1S/C20H16N4O5S/c25-18(12-29-17-10-7-13-3-1-2-4-15(13)11-17)22-23-20(30)21-19(26)14-5-8-16(9-6-14)24(27)28/h1-11H,12H2,(H,22,25)(H2,21,23,26,30). The largest absolute Gasteiger partial charge is 0.484 e. The molecule has 0 aliphatic carbocycles. The topological polar surface area (TPSA) is 123 Å². The van der Waals surface area contributed by atoms with E-state index in [-0.39, 0.29) is 23.0 Å². The number of hydrogen-bond acceptors (Lipinski definition) is 6. The Morgan fingerprint density at radius 2 is 1.67 bits per heavy atom. The van der Waals surface area contributed by atoms with E-state index < -0.39 is 16.7 Å². The molecule has 0 atom stereocenters. The Hall–Kier alpha value is -4.05. The summed E-state index contributed by atoms with van der Waals surface area (Å²) in [5.74, 6) is -0.544. The number of nitrogens with one attached hydrogen (secondary N) is 3. The first-order chi connectivity index (χ1) is 14.4. The number of nitro groups is 1.